The number of urea groups is 1. The summed E-state index contributed by atoms with van der Waals surface area (Å²) in [5.41, 5.74) is 0.0938. The Bertz CT molecular complexity index is 501. The van der Waals surface area contributed by atoms with Crippen molar-refractivity contribution in [3.05, 3.63) is 10.2 Å². The molecule has 2 rings (SSSR count). The first-order valence-corrected chi connectivity index (χ1v) is 6.97. The van der Waals surface area contributed by atoms with Crippen LogP contribution >= 0.6 is 15.9 Å². The molecule has 0 aliphatic carbocycles. The van der Waals surface area contributed by atoms with Crippen molar-refractivity contribution in [3.63, 3.8) is 0 Å². The average Bonchev–Trinajstić information content (AvgIpc) is 2.40. The lowest BCUT2D eigenvalue weighted by Crippen LogP contribution is -2.58. The van der Waals surface area contributed by atoms with E-state index >= 15 is 0 Å². The van der Waals surface area contributed by atoms with Crippen molar-refractivity contribution >= 4 is 27.8 Å². The van der Waals surface area contributed by atoms with Crippen molar-refractivity contribution in [1.29, 1.82) is 0 Å². The van der Waals surface area contributed by atoms with Gasteiger partial charge in [-0.15, -0.1) is 0 Å². The molecule has 2 heterocycles. The molecule has 2 amide bonds. The van der Waals surface area contributed by atoms with E-state index in [9.17, 15) is 9.90 Å². The van der Waals surface area contributed by atoms with Crippen LogP contribution in [0.4, 0.5) is 10.6 Å². The normalized spacial score (nSPS) is 16.4. The number of hydrogen-bond acceptors (Lipinski definition) is 3. The maximum atomic E-state index is 12.1. The van der Waals surface area contributed by atoms with Gasteiger partial charge in [-0.25, -0.2) is 4.79 Å². The highest BCUT2D eigenvalue weighted by molar-refractivity contribution is 9.10. The van der Waals surface area contributed by atoms with Crippen LogP contribution in [-0.2, 0) is 7.05 Å². The Morgan fingerprint density at radius 1 is 1.53 bits per heavy atom. The van der Waals surface area contributed by atoms with Crippen LogP contribution in [0.15, 0.2) is 4.47 Å². The summed E-state index contributed by atoms with van der Waals surface area (Å²) in [7, 11) is 1.78. The molecule has 1 saturated heterocycles. The number of likely N-dealkylation sites (tertiary alicyclic amines) is 1. The van der Waals surface area contributed by atoms with Crippen molar-refractivity contribution in [2.45, 2.75) is 26.4 Å². The van der Waals surface area contributed by atoms with Gasteiger partial charge in [0.1, 0.15) is 5.82 Å². The summed E-state index contributed by atoms with van der Waals surface area (Å²) in [6.07, 6.45) is 0. The van der Waals surface area contributed by atoms with Crippen molar-refractivity contribution < 1.29 is 9.90 Å². The Hall–Kier alpha value is -1.08. The Labute approximate surface area is 120 Å². The topological polar surface area (TPSA) is 70.4 Å². The lowest BCUT2D eigenvalue weighted by atomic mass is 9.85. The molecule has 1 fully saturated rings. The number of aliphatic hydroxyl groups is 1. The molecule has 19 heavy (non-hydrogen) atoms. The van der Waals surface area contributed by atoms with Crippen LogP contribution < -0.4 is 5.32 Å². The van der Waals surface area contributed by atoms with Crippen molar-refractivity contribution in [1.82, 2.24) is 14.7 Å². The van der Waals surface area contributed by atoms with Crippen molar-refractivity contribution in [3.8, 4) is 0 Å². The molecule has 0 spiro atoms. The number of nitrogens with zero attached hydrogens (tertiary/aromatic N) is 3. The molecule has 1 aromatic rings. The van der Waals surface area contributed by atoms with Gasteiger partial charge in [0, 0.05) is 26.1 Å². The highest BCUT2D eigenvalue weighted by Gasteiger charge is 2.40. The van der Waals surface area contributed by atoms with Crippen LogP contribution in [0, 0.1) is 12.8 Å². The van der Waals surface area contributed by atoms with Gasteiger partial charge < -0.3 is 10.0 Å². The zero-order valence-electron chi connectivity index (χ0n) is 11.6. The molecule has 0 unspecified atom stereocenters. The molecule has 1 aromatic heterocycles. The summed E-state index contributed by atoms with van der Waals surface area (Å²) < 4.78 is 2.42. The Kier molecular flexibility index (Phi) is 3.61. The fourth-order valence-electron chi connectivity index (χ4n) is 2.04. The molecule has 6 nitrogen and oxygen atoms in total. The van der Waals surface area contributed by atoms with Gasteiger partial charge in [-0.05, 0) is 36.7 Å². The summed E-state index contributed by atoms with van der Waals surface area (Å²) in [6.45, 7) is 6.56. The third-order valence-electron chi connectivity index (χ3n) is 3.54. The second-order valence-corrected chi connectivity index (χ2v) is 6.35. The van der Waals surface area contributed by atoms with Crippen molar-refractivity contribution in [2.24, 2.45) is 13.0 Å². The molecule has 1 aliphatic rings. The minimum absolute atomic E-state index is 0.134. The average molecular weight is 331 g/mol. The molecule has 106 valence electrons. The fraction of sp³-hybridized carbons (Fsp3) is 0.667. The molecule has 0 saturated carbocycles. The van der Waals surface area contributed by atoms with E-state index < -0.39 is 5.60 Å². The molecule has 2 N–H and O–H groups in total. The first-order valence-electron chi connectivity index (χ1n) is 6.17. The summed E-state index contributed by atoms with van der Waals surface area (Å²) >= 11 is 3.41. The van der Waals surface area contributed by atoms with Gasteiger partial charge >= 0.3 is 6.03 Å². The second kappa shape index (κ2) is 4.79. The Balaban J connectivity index is 1.97. The number of carbonyl (C=O) groups excluding carboxylic acids is 1. The van der Waals surface area contributed by atoms with E-state index in [0.717, 1.165) is 10.2 Å². The van der Waals surface area contributed by atoms with E-state index in [1.807, 2.05) is 6.92 Å². The number of aryl methyl sites for hydroxylation is 2. The lowest BCUT2D eigenvalue weighted by molar-refractivity contribution is -0.0440. The number of hydrogen-bond donors (Lipinski definition) is 2. The maximum absolute atomic E-state index is 12.1. The van der Waals surface area contributed by atoms with E-state index in [2.05, 4.69) is 26.3 Å². The predicted octanol–water partition coefficient (Wildman–Crippen LogP) is 1.73. The molecular formula is C12H19BrN4O2. The first kappa shape index (κ1) is 14.3. The van der Waals surface area contributed by atoms with Gasteiger partial charge in [0.25, 0.3) is 0 Å². The number of carbonyl (C=O) groups is 1. The Morgan fingerprint density at radius 2 is 2.11 bits per heavy atom. The molecule has 1 aliphatic heterocycles. The van der Waals surface area contributed by atoms with Gasteiger partial charge in [0.2, 0.25) is 0 Å². The molecule has 0 radical (unpaired) electrons. The van der Waals surface area contributed by atoms with Crippen LogP contribution in [0.25, 0.3) is 0 Å². The van der Waals surface area contributed by atoms with Crippen LogP contribution in [0.3, 0.4) is 0 Å². The van der Waals surface area contributed by atoms with E-state index in [4.69, 9.17) is 0 Å². The minimum Gasteiger partial charge on any atom is -0.390 e. The maximum Gasteiger partial charge on any atom is 0.323 e. The van der Waals surface area contributed by atoms with E-state index in [-0.39, 0.29) is 11.9 Å². The largest absolute Gasteiger partial charge is 0.390 e. The minimum atomic E-state index is -0.736. The molecular weight excluding hydrogens is 312 g/mol. The third-order valence-corrected chi connectivity index (χ3v) is 4.49. The summed E-state index contributed by atoms with van der Waals surface area (Å²) in [6, 6.07) is -0.163. The van der Waals surface area contributed by atoms with Crippen LogP contribution in [0.5, 0.6) is 0 Å². The molecule has 0 aromatic carbocycles. The zero-order valence-corrected chi connectivity index (χ0v) is 13.2. The van der Waals surface area contributed by atoms with Gasteiger partial charge in [-0.1, -0.05) is 0 Å². The number of anilines is 1. The quantitative estimate of drug-likeness (QED) is 0.867. The highest BCUT2D eigenvalue weighted by atomic mass is 79.9. The van der Waals surface area contributed by atoms with Crippen LogP contribution in [-0.4, -0.2) is 44.5 Å². The first-order chi connectivity index (χ1) is 8.70. The van der Waals surface area contributed by atoms with Crippen molar-refractivity contribution in [2.75, 3.05) is 18.4 Å². The third kappa shape index (κ3) is 2.76. The lowest BCUT2D eigenvalue weighted by Gasteiger charge is -2.44. The van der Waals surface area contributed by atoms with E-state index in [1.165, 1.54) is 0 Å². The summed E-state index contributed by atoms with van der Waals surface area (Å²) in [5, 5.41) is 16.9. The zero-order chi connectivity index (χ0) is 14.4. The van der Waals surface area contributed by atoms with Gasteiger partial charge in [-0.2, -0.15) is 5.10 Å². The molecule has 0 bridgehead atoms. The number of amides is 2. The SMILES string of the molecule is Cc1nn(C)c(NC(=O)N2CC(C(C)(C)O)C2)c1Br. The standard InChI is InChI=1S/C12H19BrN4O2/c1-7-9(13)10(16(4)15-7)14-11(18)17-5-8(6-17)12(2,3)19/h8,19H,5-6H2,1-4H3,(H,14,18). The monoisotopic (exact) mass is 330 g/mol. The Morgan fingerprint density at radius 3 is 2.53 bits per heavy atom. The smallest absolute Gasteiger partial charge is 0.323 e. The van der Waals surface area contributed by atoms with Gasteiger partial charge in [0.05, 0.1) is 15.8 Å². The number of aromatic nitrogens is 2. The second-order valence-electron chi connectivity index (χ2n) is 5.56. The van der Waals surface area contributed by atoms with Gasteiger partial charge in [0.15, 0.2) is 0 Å². The number of rotatable bonds is 2. The highest BCUT2D eigenvalue weighted by Crippen LogP contribution is 2.29. The van der Waals surface area contributed by atoms with Gasteiger partial charge in [-0.3, -0.25) is 10.00 Å². The predicted molar refractivity (Wildman–Crippen MR) is 76.0 cm³/mol. The molecule has 7 heteroatoms. The van der Waals surface area contributed by atoms with E-state index in [0.29, 0.717) is 18.9 Å². The van der Waals surface area contributed by atoms with Crippen LogP contribution in [0.2, 0.25) is 0 Å². The fourth-order valence-corrected chi connectivity index (χ4v) is 2.47. The number of nitrogens with one attached hydrogen (secondary N) is 1. The number of halogens is 1. The van der Waals surface area contributed by atoms with E-state index in [1.54, 1.807) is 30.5 Å². The molecule has 0 atom stereocenters. The summed E-state index contributed by atoms with van der Waals surface area (Å²) in [5.74, 6) is 0.782. The van der Waals surface area contributed by atoms with Crippen LogP contribution in [0.1, 0.15) is 19.5 Å². The summed E-state index contributed by atoms with van der Waals surface area (Å²) in [4.78, 5) is 13.7.